The molecule has 0 fully saturated rings. The lowest BCUT2D eigenvalue weighted by Crippen LogP contribution is -2.03. The molecule has 0 aliphatic heterocycles. The van der Waals surface area contributed by atoms with Gasteiger partial charge in [0.1, 0.15) is 5.82 Å². The number of thiophene rings is 1. The highest BCUT2D eigenvalue weighted by atomic mass is 32.1. The molecule has 0 radical (unpaired) electrons. The molecule has 0 aromatic carbocycles. The lowest BCUT2D eigenvalue weighted by Gasteiger charge is -1.98. The molecule has 0 saturated heterocycles. The molecule has 0 aliphatic carbocycles. The monoisotopic (exact) mass is 221 g/mol. The summed E-state index contributed by atoms with van der Waals surface area (Å²) in [5.74, 6) is -0.392. The second-order valence-electron chi connectivity index (χ2n) is 3.08. The molecule has 0 aliphatic rings. The summed E-state index contributed by atoms with van der Waals surface area (Å²) in [6.45, 7) is 0. The Morgan fingerprint density at radius 2 is 2.07 bits per heavy atom. The molecular weight excluding hydrogens is 213 g/mol. The van der Waals surface area contributed by atoms with Crippen molar-refractivity contribution in [3.8, 4) is 0 Å². The number of aromatic nitrogens is 1. The van der Waals surface area contributed by atoms with Crippen molar-refractivity contribution >= 4 is 17.1 Å². The van der Waals surface area contributed by atoms with Crippen LogP contribution in [0.2, 0.25) is 0 Å². The van der Waals surface area contributed by atoms with Gasteiger partial charge in [-0.3, -0.25) is 9.78 Å². The van der Waals surface area contributed by atoms with Crippen LogP contribution >= 0.6 is 11.3 Å². The second-order valence-corrected chi connectivity index (χ2v) is 3.82. The van der Waals surface area contributed by atoms with Crippen molar-refractivity contribution in [3.63, 3.8) is 0 Å². The van der Waals surface area contributed by atoms with Gasteiger partial charge in [0.15, 0.2) is 5.78 Å². The van der Waals surface area contributed by atoms with E-state index in [-0.39, 0.29) is 18.0 Å². The van der Waals surface area contributed by atoms with Gasteiger partial charge in [-0.2, -0.15) is 0 Å². The third-order valence-corrected chi connectivity index (χ3v) is 2.81. The van der Waals surface area contributed by atoms with E-state index in [1.165, 1.54) is 16.7 Å². The van der Waals surface area contributed by atoms with Gasteiger partial charge in [0.25, 0.3) is 0 Å². The lowest BCUT2D eigenvalue weighted by atomic mass is 10.1. The van der Waals surface area contributed by atoms with Crippen molar-refractivity contribution in [1.82, 2.24) is 4.98 Å². The van der Waals surface area contributed by atoms with Crippen LogP contribution in [-0.4, -0.2) is 10.8 Å². The third-order valence-electron chi connectivity index (χ3n) is 2.04. The zero-order valence-electron chi connectivity index (χ0n) is 7.81. The number of nitrogens with zero attached hydrogens (tertiary/aromatic N) is 1. The van der Waals surface area contributed by atoms with Crippen molar-refractivity contribution in [2.45, 2.75) is 6.42 Å². The van der Waals surface area contributed by atoms with Crippen LogP contribution in [0.5, 0.6) is 0 Å². The van der Waals surface area contributed by atoms with Crippen LogP contribution in [-0.2, 0) is 6.42 Å². The number of carbonyl (C=O) groups is 1. The van der Waals surface area contributed by atoms with Crippen LogP contribution < -0.4 is 0 Å². The van der Waals surface area contributed by atoms with Gasteiger partial charge >= 0.3 is 0 Å². The van der Waals surface area contributed by atoms with E-state index in [1.807, 2.05) is 0 Å². The van der Waals surface area contributed by atoms with E-state index in [2.05, 4.69) is 4.98 Å². The van der Waals surface area contributed by atoms with E-state index in [4.69, 9.17) is 0 Å². The molecule has 2 aromatic rings. The van der Waals surface area contributed by atoms with Crippen molar-refractivity contribution in [3.05, 3.63) is 52.2 Å². The average molecular weight is 221 g/mol. The zero-order chi connectivity index (χ0) is 10.7. The van der Waals surface area contributed by atoms with Gasteiger partial charge in [-0.05, 0) is 17.5 Å². The van der Waals surface area contributed by atoms with Gasteiger partial charge in [0.2, 0.25) is 0 Å². The predicted octanol–water partition coefficient (Wildman–Crippen LogP) is 2.71. The molecule has 15 heavy (non-hydrogen) atoms. The molecule has 0 unspecified atom stereocenters. The summed E-state index contributed by atoms with van der Waals surface area (Å²) in [5.41, 5.74) is 1.03. The summed E-state index contributed by atoms with van der Waals surface area (Å²) in [6.07, 6.45) is 3.22. The third kappa shape index (κ3) is 2.27. The maximum absolute atomic E-state index is 13.1. The highest BCUT2D eigenvalue weighted by Crippen LogP contribution is 2.15. The fraction of sp³-hybridized carbons (Fsp3) is 0.0909. The molecule has 0 spiro atoms. The molecule has 0 N–H and O–H groups in total. The molecule has 4 heteroatoms. The number of ketones is 1. The van der Waals surface area contributed by atoms with Crippen molar-refractivity contribution < 1.29 is 9.18 Å². The van der Waals surface area contributed by atoms with Gasteiger partial charge in [0.05, 0.1) is 0 Å². The Labute approximate surface area is 90.4 Å². The van der Waals surface area contributed by atoms with Gasteiger partial charge in [0, 0.05) is 35.3 Å². The quantitative estimate of drug-likeness (QED) is 0.746. The van der Waals surface area contributed by atoms with Gasteiger partial charge in [-0.15, -0.1) is 11.3 Å². The molecule has 2 nitrogen and oxygen atoms in total. The largest absolute Gasteiger partial charge is 0.294 e. The summed E-state index contributed by atoms with van der Waals surface area (Å²) >= 11 is 1.26. The number of carbonyl (C=O) groups excluding carboxylic acids is 1. The molecular formula is C11H8FNOS. The molecule has 0 bridgehead atoms. The number of hydrogen-bond donors (Lipinski definition) is 0. The Morgan fingerprint density at radius 3 is 2.67 bits per heavy atom. The molecule has 2 heterocycles. The van der Waals surface area contributed by atoms with Crippen molar-refractivity contribution in [2.75, 3.05) is 0 Å². The smallest absolute Gasteiger partial charge is 0.167 e. The number of pyridine rings is 1. The van der Waals surface area contributed by atoms with E-state index < -0.39 is 0 Å². The Kier molecular flexibility index (Phi) is 2.87. The summed E-state index contributed by atoms with van der Waals surface area (Å²) in [6, 6.07) is 3.26. The lowest BCUT2D eigenvalue weighted by molar-refractivity contribution is 0.0992. The summed E-state index contributed by atoms with van der Waals surface area (Å²) in [5, 5.41) is 3.06. The van der Waals surface area contributed by atoms with Crippen LogP contribution in [0.4, 0.5) is 4.39 Å². The number of hydrogen-bond acceptors (Lipinski definition) is 3. The minimum absolute atomic E-state index is 0.0882. The highest BCUT2D eigenvalue weighted by molar-refractivity contribution is 7.08. The van der Waals surface area contributed by atoms with E-state index in [0.29, 0.717) is 11.1 Å². The first-order valence-corrected chi connectivity index (χ1v) is 5.35. The molecule has 0 saturated carbocycles. The summed E-state index contributed by atoms with van der Waals surface area (Å²) in [4.78, 5) is 15.5. The van der Waals surface area contributed by atoms with Crippen LogP contribution in [0.25, 0.3) is 0 Å². The first kappa shape index (κ1) is 9.98. The topological polar surface area (TPSA) is 30.0 Å². The Balaban J connectivity index is 2.15. The number of halogens is 1. The highest BCUT2D eigenvalue weighted by Gasteiger charge is 2.10. The number of Topliss-reactive ketones (excluding diaryl/α,β-unsaturated/α-hetero) is 1. The predicted molar refractivity (Wildman–Crippen MR) is 56.5 cm³/mol. The van der Waals surface area contributed by atoms with Crippen molar-refractivity contribution in [1.29, 1.82) is 0 Å². The normalized spacial score (nSPS) is 10.2. The van der Waals surface area contributed by atoms with Crippen LogP contribution in [0, 0.1) is 5.82 Å². The Bertz CT molecular complexity index is 466. The van der Waals surface area contributed by atoms with E-state index in [1.54, 1.807) is 29.9 Å². The van der Waals surface area contributed by atoms with E-state index >= 15 is 0 Å². The van der Waals surface area contributed by atoms with Crippen LogP contribution in [0.3, 0.4) is 0 Å². The second kappa shape index (κ2) is 4.31. The average Bonchev–Trinajstić information content (AvgIpc) is 2.66. The maximum atomic E-state index is 13.1. The molecule has 0 amide bonds. The summed E-state index contributed by atoms with van der Waals surface area (Å²) in [7, 11) is 0. The van der Waals surface area contributed by atoms with Gasteiger partial charge in [-0.25, -0.2) is 4.39 Å². The molecule has 2 rings (SSSR count). The SMILES string of the molecule is O=C(Cc1cscc1F)c1ccncc1. The Hall–Kier alpha value is -1.55. The van der Waals surface area contributed by atoms with Crippen molar-refractivity contribution in [2.24, 2.45) is 0 Å². The first-order chi connectivity index (χ1) is 7.27. The standard InChI is InChI=1S/C11H8FNOS/c12-10-7-15-6-9(10)5-11(14)8-1-3-13-4-2-8/h1-4,6-7H,5H2. The summed E-state index contributed by atoms with van der Waals surface area (Å²) < 4.78 is 13.1. The van der Waals surface area contributed by atoms with E-state index in [9.17, 15) is 9.18 Å². The minimum Gasteiger partial charge on any atom is -0.294 e. The van der Waals surface area contributed by atoms with Crippen LogP contribution in [0.1, 0.15) is 15.9 Å². The van der Waals surface area contributed by atoms with Crippen LogP contribution in [0.15, 0.2) is 35.3 Å². The zero-order valence-corrected chi connectivity index (χ0v) is 8.63. The fourth-order valence-electron chi connectivity index (χ4n) is 1.25. The molecule has 76 valence electrons. The molecule has 0 atom stereocenters. The fourth-order valence-corrected chi connectivity index (χ4v) is 1.95. The minimum atomic E-state index is -0.303. The maximum Gasteiger partial charge on any atom is 0.167 e. The molecule has 2 aromatic heterocycles. The number of rotatable bonds is 3. The van der Waals surface area contributed by atoms with Gasteiger partial charge in [-0.1, -0.05) is 0 Å². The first-order valence-electron chi connectivity index (χ1n) is 4.41. The van der Waals surface area contributed by atoms with Gasteiger partial charge < -0.3 is 0 Å². The Morgan fingerprint density at radius 1 is 1.33 bits per heavy atom. The van der Waals surface area contributed by atoms with E-state index in [0.717, 1.165) is 0 Å².